The summed E-state index contributed by atoms with van der Waals surface area (Å²) in [7, 11) is 1.65. The number of aryl methyl sites for hydroxylation is 1. The Kier molecular flexibility index (Phi) is 15.8. The molecule has 3 aromatic rings. The molecule has 214 valence electrons. The lowest BCUT2D eigenvalue weighted by atomic mass is 10.1. The van der Waals surface area contributed by atoms with E-state index in [2.05, 4.69) is 41.5 Å². The molecule has 0 unspecified atom stereocenters. The zero-order valence-corrected chi connectivity index (χ0v) is 26.2. The Morgan fingerprint density at radius 1 is 0.897 bits per heavy atom. The summed E-state index contributed by atoms with van der Waals surface area (Å²) in [5.74, 6) is 1.36. The minimum atomic E-state index is -0.0491. The molecule has 0 bridgehead atoms. The number of nitrogens with one attached hydrogen (secondary N) is 1. The van der Waals surface area contributed by atoms with E-state index in [4.69, 9.17) is 9.47 Å². The molecule has 3 rings (SSSR count). The molecule has 0 fully saturated rings. The Hall–Kier alpha value is -2.38. The Bertz CT molecular complexity index is 1120. The highest BCUT2D eigenvalue weighted by atomic mass is 79.9. The summed E-state index contributed by atoms with van der Waals surface area (Å²) < 4.78 is 13.7. The summed E-state index contributed by atoms with van der Waals surface area (Å²) in [6.45, 7) is 5.81. The van der Waals surface area contributed by atoms with Gasteiger partial charge in [-0.05, 0) is 43.2 Å². The van der Waals surface area contributed by atoms with Gasteiger partial charge in [0.05, 0.1) is 25.0 Å². The molecule has 0 aliphatic carbocycles. The van der Waals surface area contributed by atoms with Crippen LogP contribution < -0.4 is 36.3 Å². The maximum atomic E-state index is 12.8. The Morgan fingerprint density at radius 2 is 1.62 bits per heavy atom. The molecule has 1 N–H and O–H groups in total. The molecule has 39 heavy (non-hydrogen) atoms. The van der Waals surface area contributed by atoms with Crippen molar-refractivity contribution in [3.8, 4) is 11.5 Å². The Morgan fingerprint density at radius 3 is 2.28 bits per heavy atom. The predicted octanol–water partition coefficient (Wildman–Crippen LogP) is 4.89. The largest absolute Gasteiger partial charge is 1.00 e. The molecule has 2 aromatic carbocycles. The van der Waals surface area contributed by atoms with Gasteiger partial charge in [0.1, 0.15) is 0 Å². The van der Waals surface area contributed by atoms with E-state index < -0.39 is 0 Å². The van der Waals surface area contributed by atoms with Crippen molar-refractivity contribution in [2.24, 2.45) is 0 Å². The standard InChI is InChI=1S/C32H44N2O3S.BrH/c1-4-5-6-7-8-9-10-11-12-13-19-37-31-21-27(17-18-30(31)36-3)22-32(35)33-29-16-14-15-28(20-29)24-34-23-26(2)38-25-34;/h14-18,20-21,23,25H,4-13,19,22,24H2,1-3H3;1H. The van der Waals surface area contributed by atoms with Crippen molar-refractivity contribution in [2.75, 3.05) is 19.0 Å². The summed E-state index contributed by atoms with van der Waals surface area (Å²) in [4.78, 5) is 14.1. The van der Waals surface area contributed by atoms with Gasteiger partial charge in [-0.15, -0.1) is 0 Å². The predicted molar refractivity (Wildman–Crippen MR) is 157 cm³/mol. The molecule has 0 radical (unpaired) electrons. The van der Waals surface area contributed by atoms with Crippen LogP contribution in [0.15, 0.2) is 54.2 Å². The first kappa shape index (κ1) is 32.8. The van der Waals surface area contributed by atoms with Crippen molar-refractivity contribution in [2.45, 2.75) is 91.0 Å². The van der Waals surface area contributed by atoms with Crippen molar-refractivity contribution >= 4 is 22.9 Å². The van der Waals surface area contributed by atoms with Crippen molar-refractivity contribution in [1.82, 2.24) is 0 Å². The van der Waals surface area contributed by atoms with Gasteiger partial charge in [0.25, 0.3) is 0 Å². The molecule has 0 aliphatic rings. The number of amides is 1. The first-order chi connectivity index (χ1) is 18.6. The average molecular weight is 618 g/mol. The van der Waals surface area contributed by atoms with E-state index in [1.165, 1.54) is 62.7 Å². The molecule has 1 aromatic heterocycles. The zero-order valence-electron chi connectivity index (χ0n) is 23.8. The lowest BCUT2D eigenvalue weighted by Gasteiger charge is -2.13. The molecule has 0 atom stereocenters. The van der Waals surface area contributed by atoms with Crippen LogP contribution in [0.25, 0.3) is 0 Å². The second-order valence-electron chi connectivity index (χ2n) is 10.1. The molecule has 0 saturated heterocycles. The van der Waals surface area contributed by atoms with Gasteiger partial charge in [-0.3, -0.25) is 4.79 Å². The van der Waals surface area contributed by atoms with Crippen LogP contribution in [-0.4, -0.2) is 19.6 Å². The zero-order chi connectivity index (χ0) is 27.0. The minimum absolute atomic E-state index is 0. The Labute approximate surface area is 249 Å². The number of methoxy groups -OCH3 is 1. The highest BCUT2D eigenvalue weighted by Gasteiger charge is 2.11. The number of thiazole rings is 1. The van der Waals surface area contributed by atoms with E-state index in [0.29, 0.717) is 18.1 Å². The summed E-state index contributed by atoms with van der Waals surface area (Å²) in [6, 6.07) is 13.8. The van der Waals surface area contributed by atoms with Gasteiger partial charge in [0.15, 0.2) is 24.2 Å². The lowest BCUT2D eigenvalue weighted by molar-refractivity contribution is -0.683. The van der Waals surface area contributed by atoms with Crippen LogP contribution in [0, 0.1) is 6.92 Å². The Balaban J connectivity index is 0.00000533. The molecule has 1 amide bonds. The maximum absolute atomic E-state index is 12.8. The number of halogens is 1. The fraction of sp³-hybridized carbons (Fsp3) is 0.500. The number of benzene rings is 2. The van der Waals surface area contributed by atoms with Crippen LogP contribution in [0.4, 0.5) is 5.69 Å². The lowest BCUT2D eigenvalue weighted by Crippen LogP contribution is -3.00. The molecule has 0 aliphatic heterocycles. The second kappa shape index (κ2) is 18.8. The number of hydrogen-bond donors (Lipinski definition) is 1. The summed E-state index contributed by atoms with van der Waals surface area (Å²) in [5, 5.41) is 3.04. The number of rotatable bonds is 18. The number of carbonyl (C=O) groups excluding carboxylic acids is 1. The smallest absolute Gasteiger partial charge is 0.228 e. The van der Waals surface area contributed by atoms with Crippen LogP contribution >= 0.6 is 11.3 Å². The number of carbonyl (C=O) groups is 1. The van der Waals surface area contributed by atoms with Crippen LogP contribution in [0.3, 0.4) is 0 Å². The van der Waals surface area contributed by atoms with Crippen molar-refractivity contribution in [3.05, 3.63) is 70.2 Å². The third-order valence-corrected chi connectivity index (χ3v) is 7.50. The van der Waals surface area contributed by atoms with Gasteiger partial charge >= 0.3 is 0 Å². The van der Waals surface area contributed by atoms with Gasteiger partial charge in [0.2, 0.25) is 11.4 Å². The number of aromatic nitrogens is 1. The minimum Gasteiger partial charge on any atom is -1.00 e. The molecule has 1 heterocycles. The first-order valence-electron chi connectivity index (χ1n) is 14.2. The summed E-state index contributed by atoms with van der Waals surface area (Å²) in [5.41, 5.74) is 4.98. The van der Waals surface area contributed by atoms with Crippen LogP contribution in [0.5, 0.6) is 11.5 Å². The SMILES string of the molecule is CCCCCCCCCCCCOc1cc(CC(=O)Nc2cccc(C[n+]3csc(C)c3)c2)ccc1OC.[Br-]. The summed E-state index contributed by atoms with van der Waals surface area (Å²) >= 11 is 1.73. The van der Waals surface area contributed by atoms with E-state index in [1.54, 1.807) is 18.4 Å². The number of unbranched alkanes of at least 4 members (excludes halogenated alkanes) is 9. The van der Waals surface area contributed by atoms with Gasteiger partial charge in [-0.2, -0.15) is 4.57 Å². The summed E-state index contributed by atoms with van der Waals surface area (Å²) in [6.07, 6.45) is 15.4. The van der Waals surface area contributed by atoms with E-state index >= 15 is 0 Å². The molecule has 7 heteroatoms. The maximum Gasteiger partial charge on any atom is 0.228 e. The molecular formula is C32H45BrN2O3S. The fourth-order valence-electron chi connectivity index (χ4n) is 4.59. The number of ether oxygens (including phenoxy) is 2. The molecule has 0 spiro atoms. The van der Waals surface area contributed by atoms with Gasteiger partial charge < -0.3 is 31.8 Å². The van der Waals surface area contributed by atoms with E-state index in [0.717, 1.165) is 29.8 Å². The third-order valence-electron chi connectivity index (χ3n) is 6.65. The third kappa shape index (κ3) is 12.6. The average Bonchev–Trinajstić information content (AvgIpc) is 3.31. The topological polar surface area (TPSA) is 51.4 Å². The quantitative estimate of drug-likeness (QED) is 0.164. The number of hydrogen-bond acceptors (Lipinski definition) is 4. The van der Waals surface area contributed by atoms with E-state index in [-0.39, 0.29) is 29.3 Å². The normalized spacial score (nSPS) is 10.6. The molecular weight excluding hydrogens is 572 g/mol. The van der Waals surface area contributed by atoms with Crippen molar-refractivity contribution in [3.63, 3.8) is 0 Å². The van der Waals surface area contributed by atoms with Crippen molar-refractivity contribution < 1.29 is 35.8 Å². The van der Waals surface area contributed by atoms with E-state index in [9.17, 15) is 4.79 Å². The molecule has 5 nitrogen and oxygen atoms in total. The van der Waals surface area contributed by atoms with Crippen molar-refractivity contribution in [1.29, 1.82) is 0 Å². The van der Waals surface area contributed by atoms with Gasteiger partial charge in [-0.1, -0.05) is 94.2 Å². The van der Waals surface area contributed by atoms with Gasteiger partial charge in [-0.25, -0.2) is 0 Å². The van der Waals surface area contributed by atoms with Crippen LogP contribution in [0.2, 0.25) is 0 Å². The molecule has 0 saturated carbocycles. The monoisotopic (exact) mass is 616 g/mol. The van der Waals surface area contributed by atoms with Gasteiger partial charge in [0, 0.05) is 11.3 Å². The van der Waals surface area contributed by atoms with Crippen LogP contribution in [0.1, 0.15) is 87.1 Å². The highest BCUT2D eigenvalue weighted by Crippen LogP contribution is 2.29. The van der Waals surface area contributed by atoms with E-state index in [1.807, 2.05) is 36.4 Å². The second-order valence-corrected chi connectivity index (χ2v) is 11.2. The van der Waals surface area contributed by atoms with Crippen LogP contribution in [-0.2, 0) is 17.8 Å². The highest BCUT2D eigenvalue weighted by molar-refractivity contribution is 7.09. The fourth-order valence-corrected chi connectivity index (χ4v) is 5.23. The number of nitrogens with zero attached hydrogens (tertiary/aromatic N) is 1. The number of anilines is 1. The first-order valence-corrected chi connectivity index (χ1v) is 15.1.